The van der Waals surface area contributed by atoms with E-state index in [4.69, 9.17) is 5.73 Å². The average molecular weight is 248 g/mol. The van der Waals surface area contributed by atoms with Gasteiger partial charge in [0, 0.05) is 24.7 Å². The zero-order chi connectivity index (χ0) is 13.3. The highest BCUT2D eigenvalue weighted by molar-refractivity contribution is 5.51. The van der Waals surface area contributed by atoms with Crippen LogP contribution in [-0.2, 0) is 6.54 Å². The van der Waals surface area contributed by atoms with Crippen molar-refractivity contribution in [2.75, 3.05) is 11.4 Å². The van der Waals surface area contributed by atoms with Gasteiger partial charge in [0.1, 0.15) is 0 Å². The van der Waals surface area contributed by atoms with Crippen molar-refractivity contribution < 1.29 is 0 Å². The Kier molecular flexibility index (Phi) is 3.85. The van der Waals surface area contributed by atoms with E-state index in [9.17, 15) is 0 Å². The minimum atomic E-state index is 0.524. The van der Waals surface area contributed by atoms with Crippen LogP contribution in [0.2, 0.25) is 0 Å². The van der Waals surface area contributed by atoms with Crippen LogP contribution in [0.25, 0.3) is 0 Å². The molecule has 0 bridgehead atoms. The molecule has 2 atom stereocenters. The Balaban J connectivity index is 2.36. The molecule has 0 aliphatic carbocycles. The molecule has 1 aliphatic heterocycles. The molecule has 0 aromatic carbocycles. The molecule has 18 heavy (non-hydrogen) atoms. The predicted octanol–water partition coefficient (Wildman–Crippen LogP) is 2.18. The van der Waals surface area contributed by atoms with Crippen LogP contribution in [0.3, 0.4) is 0 Å². The van der Waals surface area contributed by atoms with Crippen LogP contribution in [0.15, 0.2) is 0 Å². The molecule has 1 saturated heterocycles. The van der Waals surface area contributed by atoms with E-state index in [1.54, 1.807) is 0 Å². The fourth-order valence-corrected chi connectivity index (χ4v) is 2.84. The Hall–Kier alpha value is -1.16. The average Bonchev–Trinajstić information content (AvgIpc) is 2.33. The monoisotopic (exact) mass is 248 g/mol. The van der Waals surface area contributed by atoms with Gasteiger partial charge in [-0.2, -0.15) is 5.10 Å². The van der Waals surface area contributed by atoms with E-state index in [1.165, 1.54) is 18.4 Å². The number of hydrogen-bond donors (Lipinski definition) is 1. The van der Waals surface area contributed by atoms with E-state index in [0.717, 1.165) is 29.5 Å². The maximum absolute atomic E-state index is 5.91. The summed E-state index contributed by atoms with van der Waals surface area (Å²) in [4.78, 5) is 2.38. The van der Waals surface area contributed by atoms with Crippen molar-refractivity contribution in [3.8, 4) is 0 Å². The molecule has 0 spiro atoms. The topological polar surface area (TPSA) is 55.0 Å². The first kappa shape index (κ1) is 13.3. The molecule has 1 aromatic heterocycles. The lowest BCUT2D eigenvalue weighted by molar-refractivity contribution is 0.374. The summed E-state index contributed by atoms with van der Waals surface area (Å²) in [6.07, 6.45) is 2.45. The van der Waals surface area contributed by atoms with Gasteiger partial charge in [-0.25, -0.2) is 0 Å². The lowest BCUT2D eigenvalue weighted by Gasteiger charge is -2.38. The van der Waals surface area contributed by atoms with Crippen molar-refractivity contribution in [1.29, 1.82) is 0 Å². The molecule has 2 rings (SSSR count). The van der Waals surface area contributed by atoms with Crippen molar-refractivity contribution >= 4 is 5.82 Å². The highest BCUT2D eigenvalue weighted by Gasteiger charge is 2.26. The number of hydrogen-bond acceptors (Lipinski definition) is 4. The molecular weight excluding hydrogens is 224 g/mol. The number of rotatable bonds is 2. The maximum Gasteiger partial charge on any atom is 0.156 e. The Morgan fingerprint density at radius 1 is 1.28 bits per heavy atom. The Morgan fingerprint density at radius 2 is 2.00 bits per heavy atom. The minimum absolute atomic E-state index is 0.524. The summed E-state index contributed by atoms with van der Waals surface area (Å²) in [5, 5.41) is 8.67. The Morgan fingerprint density at radius 3 is 2.61 bits per heavy atom. The van der Waals surface area contributed by atoms with Gasteiger partial charge >= 0.3 is 0 Å². The normalized spacial score (nSPS) is 24.4. The third-order valence-corrected chi connectivity index (χ3v) is 4.17. The van der Waals surface area contributed by atoms with E-state index in [1.807, 2.05) is 6.92 Å². The highest BCUT2D eigenvalue weighted by Crippen LogP contribution is 2.29. The van der Waals surface area contributed by atoms with Crippen LogP contribution < -0.4 is 10.6 Å². The summed E-state index contributed by atoms with van der Waals surface area (Å²) in [5.74, 6) is 1.80. The van der Waals surface area contributed by atoms with Crippen LogP contribution in [0.5, 0.6) is 0 Å². The summed E-state index contributed by atoms with van der Waals surface area (Å²) >= 11 is 0. The van der Waals surface area contributed by atoms with E-state index < -0.39 is 0 Å². The fraction of sp³-hybridized carbons (Fsp3) is 0.714. The van der Waals surface area contributed by atoms with Crippen molar-refractivity contribution in [2.24, 2.45) is 11.7 Å². The molecule has 100 valence electrons. The molecule has 1 aliphatic rings. The van der Waals surface area contributed by atoms with Gasteiger partial charge < -0.3 is 10.6 Å². The lowest BCUT2D eigenvalue weighted by Crippen LogP contribution is -2.41. The number of nitrogens with two attached hydrogens (primary N) is 1. The van der Waals surface area contributed by atoms with Gasteiger partial charge in [-0.05, 0) is 45.1 Å². The molecule has 0 amide bonds. The van der Waals surface area contributed by atoms with E-state index >= 15 is 0 Å². The number of piperidine rings is 1. The van der Waals surface area contributed by atoms with Gasteiger partial charge in [-0.1, -0.05) is 6.92 Å². The third-order valence-electron chi connectivity index (χ3n) is 4.17. The second kappa shape index (κ2) is 5.22. The predicted molar refractivity (Wildman–Crippen MR) is 74.6 cm³/mol. The quantitative estimate of drug-likeness (QED) is 0.871. The SMILES string of the molecule is Cc1nnc(N2CCC(C)CC2C)c(CN)c1C. The van der Waals surface area contributed by atoms with Crippen molar-refractivity contribution in [1.82, 2.24) is 10.2 Å². The first-order chi connectivity index (χ1) is 8.54. The number of anilines is 1. The van der Waals surface area contributed by atoms with Gasteiger partial charge in [0.15, 0.2) is 5.82 Å². The molecule has 1 fully saturated rings. The minimum Gasteiger partial charge on any atom is -0.352 e. The third kappa shape index (κ3) is 2.34. The summed E-state index contributed by atoms with van der Waals surface area (Å²) in [5.41, 5.74) is 9.23. The van der Waals surface area contributed by atoms with Gasteiger partial charge in [-0.15, -0.1) is 5.10 Å². The zero-order valence-electron chi connectivity index (χ0n) is 11.9. The van der Waals surface area contributed by atoms with Crippen LogP contribution >= 0.6 is 0 Å². The fourth-order valence-electron chi connectivity index (χ4n) is 2.84. The summed E-state index contributed by atoms with van der Waals surface area (Å²) in [6.45, 7) is 10.3. The molecule has 0 saturated carbocycles. The summed E-state index contributed by atoms with van der Waals surface area (Å²) in [7, 11) is 0. The molecule has 4 nitrogen and oxygen atoms in total. The molecular formula is C14H24N4. The van der Waals surface area contributed by atoms with E-state index in [-0.39, 0.29) is 0 Å². The van der Waals surface area contributed by atoms with Crippen LogP contribution in [-0.4, -0.2) is 22.8 Å². The second-order valence-electron chi connectivity index (χ2n) is 5.59. The standard InChI is InChI=1S/C14H24N4/c1-9-5-6-18(10(2)7-9)14-13(8-15)11(3)12(4)16-17-14/h9-10H,5-8,15H2,1-4H3. The zero-order valence-corrected chi connectivity index (χ0v) is 11.9. The molecule has 0 radical (unpaired) electrons. The summed E-state index contributed by atoms with van der Waals surface area (Å²) in [6, 6.07) is 0.524. The maximum atomic E-state index is 5.91. The Bertz CT molecular complexity index is 430. The van der Waals surface area contributed by atoms with Crippen LogP contribution in [0.4, 0.5) is 5.82 Å². The summed E-state index contributed by atoms with van der Waals surface area (Å²) < 4.78 is 0. The number of aryl methyl sites for hydroxylation is 1. The lowest BCUT2D eigenvalue weighted by atomic mass is 9.93. The Labute approximate surface area is 110 Å². The molecule has 1 aromatic rings. The van der Waals surface area contributed by atoms with Crippen molar-refractivity contribution in [3.05, 3.63) is 16.8 Å². The van der Waals surface area contributed by atoms with Gasteiger partial charge in [0.2, 0.25) is 0 Å². The largest absolute Gasteiger partial charge is 0.352 e. The highest BCUT2D eigenvalue weighted by atomic mass is 15.3. The smallest absolute Gasteiger partial charge is 0.156 e. The van der Waals surface area contributed by atoms with E-state index in [0.29, 0.717) is 12.6 Å². The van der Waals surface area contributed by atoms with Gasteiger partial charge in [0.25, 0.3) is 0 Å². The van der Waals surface area contributed by atoms with E-state index in [2.05, 4.69) is 35.9 Å². The number of aromatic nitrogens is 2. The second-order valence-corrected chi connectivity index (χ2v) is 5.59. The molecule has 2 N–H and O–H groups in total. The van der Waals surface area contributed by atoms with Crippen LogP contribution in [0.1, 0.15) is 43.5 Å². The van der Waals surface area contributed by atoms with Crippen molar-refractivity contribution in [3.63, 3.8) is 0 Å². The molecule has 4 heteroatoms. The first-order valence-electron chi connectivity index (χ1n) is 6.84. The van der Waals surface area contributed by atoms with Crippen LogP contribution in [0, 0.1) is 19.8 Å². The van der Waals surface area contributed by atoms with Gasteiger partial charge in [-0.3, -0.25) is 0 Å². The van der Waals surface area contributed by atoms with Gasteiger partial charge in [0.05, 0.1) is 5.69 Å². The molecule has 2 unspecified atom stereocenters. The molecule has 2 heterocycles. The number of nitrogens with zero attached hydrogens (tertiary/aromatic N) is 3. The van der Waals surface area contributed by atoms with Crippen molar-refractivity contribution in [2.45, 2.75) is 53.1 Å². The first-order valence-corrected chi connectivity index (χ1v) is 6.84.